The number of phenolic OH excluding ortho intramolecular Hbond substituents is 1. The number of nitrogens with one attached hydrogen (secondary N) is 2. The van der Waals surface area contributed by atoms with Gasteiger partial charge < -0.3 is 43.6 Å². The van der Waals surface area contributed by atoms with Gasteiger partial charge in [0.15, 0.2) is 28.5 Å². The highest BCUT2D eigenvalue weighted by molar-refractivity contribution is 7.99. The molecular weight excluding hydrogens is 753 g/mol. The lowest BCUT2D eigenvalue weighted by atomic mass is 9.78. The number of aromatic nitrogens is 1. The third kappa shape index (κ3) is 5.11. The lowest BCUT2D eigenvalue weighted by Crippen LogP contribution is -2.65. The Kier molecular flexibility index (Phi) is 8.47. The molecule has 4 bridgehead atoms. The zero-order valence-corrected chi connectivity index (χ0v) is 33.5. The summed E-state index contributed by atoms with van der Waals surface area (Å²) in [6, 6.07) is 6.19. The Labute approximate surface area is 333 Å². The maximum absolute atomic E-state index is 15.1. The lowest BCUT2D eigenvalue weighted by molar-refractivity contribution is -0.157. The molecule has 0 saturated carbocycles. The fourth-order valence-electron chi connectivity index (χ4n) is 10.9. The number of ether oxygens (including phenoxy) is 6. The van der Waals surface area contributed by atoms with Gasteiger partial charge in [-0.25, -0.2) is 4.79 Å². The Balaban J connectivity index is 1.23. The zero-order valence-electron chi connectivity index (χ0n) is 32.7. The van der Waals surface area contributed by atoms with Gasteiger partial charge in [0, 0.05) is 70.5 Å². The van der Waals surface area contributed by atoms with Gasteiger partial charge in [-0.2, -0.15) is 0 Å². The van der Waals surface area contributed by atoms with Gasteiger partial charge in [-0.05, 0) is 68.6 Å². The van der Waals surface area contributed by atoms with Crippen LogP contribution >= 0.6 is 11.8 Å². The van der Waals surface area contributed by atoms with E-state index in [9.17, 15) is 15.0 Å². The number of H-pyrrole nitrogens is 1. The maximum Gasteiger partial charge on any atom is 0.333 e. The van der Waals surface area contributed by atoms with E-state index in [4.69, 9.17) is 28.4 Å². The van der Waals surface area contributed by atoms with Crippen molar-refractivity contribution in [3.8, 4) is 34.5 Å². The zero-order chi connectivity index (χ0) is 39.7. The SMILES string of the molecule is COc1ccc2[nH]c3c(c2c1)C[C@H](CO)N[C@]31CS[C@@H]2c3c(OC(C)=O)c(C)c4c(c3[C@H](COC1=O)N1C3Cc5cc(C)c(OC)c(O)c5C([C@H]21)N(C)C3)OCO4. The van der Waals surface area contributed by atoms with E-state index in [-0.39, 0.29) is 49.6 Å². The van der Waals surface area contributed by atoms with Crippen LogP contribution in [-0.4, -0.2) is 109 Å². The normalized spacial score (nSPS) is 29.6. The molecule has 0 radical (unpaired) electrons. The summed E-state index contributed by atoms with van der Waals surface area (Å²) in [5.41, 5.74) is 5.94. The number of phenols is 1. The van der Waals surface area contributed by atoms with E-state index < -0.39 is 34.8 Å². The molecule has 12 rings (SSSR count). The fraction of sp³-hybridized carbons (Fsp3) is 0.476. The Morgan fingerprint density at radius 1 is 1.05 bits per heavy atom. The number of aryl methyl sites for hydroxylation is 1. The van der Waals surface area contributed by atoms with Crippen molar-refractivity contribution in [3.63, 3.8) is 0 Å². The second-order valence-corrected chi connectivity index (χ2v) is 17.3. The van der Waals surface area contributed by atoms with Crippen molar-refractivity contribution in [2.45, 2.75) is 74.6 Å². The number of esters is 2. The number of hydrogen-bond acceptors (Lipinski definition) is 14. The molecule has 15 heteroatoms. The van der Waals surface area contributed by atoms with E-state index in [1.165, 1.54) is 6.92 Å². The van der Waals surface area contributed by atoms with Crippen LogP contribution in [0.15, 0.2) is 24.3 Å². The van der Waals surface area contributed by atoms with Crippen molar-refractivity contribution in [1.82, 2.24) is 20.1 Å². The van der Waals surface area contributed by atoms with E-state index in [1.807, 2.05) is 32.0 Å². The summed E-state index contributed by atoms with van der Waals surface area (Å²) >= 11 is 1.57. The molecule has 1 spiro atoms. The second-order valence-electron chi connectivity index (χ2n) is 16.1. The number of aromatic hydroxyl groups is 1. The van der Waals surface area contributed by atoms with Gasteiger partial charge in [0.05, 0.1) is 43.9 Å². The van der Waals surface area contributed by atoms with Gasteiger partial charge in [-0.3, -0.25) is 19.9 Å². The number of thioether (sulfide) groups is 1. The van der Waals surface area contributed by atoms with Crippen LogP contribution in [0, 0.1) is 13.8 Å². The summed E-state index contributed by atoms with van der Waals surface area (Å²) in [5, 5.41) is 26.9. The van der Waals surface area contributed by atoms with Crippen molar-refractivity contribution < 1.29 is 48.2 Å². The van der Waals surface area contributed by atoms with Gasteiger partial charge >= 0.3 is 11.9 Å². The number of benzene rings is 3. The first-order valence-corrected chi connectivity index (χ1v) is 20.4. The number of methoxy groups -OCH3 is 2. The van der Waals surface area contributed by atoms with Gasteiger partial charge in [0.1, 0.15) is 18.1 Å². The highest BCUT2D eigenvalue weighted by Gasteiger charge is 2.60. The minimum Gasteiger partial charge on any atom is -0.504 e. The molecule has 4 aromatic rings. The summed E-state index contributed by atoms with van der Waals surface area (Å²) in [5.74, 6) is 1.97. The number of carbonyl (C=O) groups excluding carboxylic acids is 2. The number of piperazine rings is 1. The molecule has 2 saturated heterocycles. The molecule has 8 atom stereocenters. The van der Waals surface area contributed by atoms with Gasteiger partial charge in [-0.1, -0.05) is 6.07 Å². The van der Waals surface area contributed by atoms with Crippen molar-refractivity contribution >= 4 is 34.6 Å². The summed E-state index contributed by atoms with van der Waals surface area (Å²) in [7, 11) is 5.29. The van der Waals surface area contributed by atoms with Crippen molar-refractivity contribution in [1.29, 1.82) is 0 Å². The van der Waals surface area contributed by atoms with Gasteiger partial charge in [-0.15, -0.1) is 11.8 Å². The van der Waals surface area contributed by atoms with Crippen LogP contribution in [0.5, 0.6) is 34.5 Å². The maximum atomic E-state index is 15.1. The Bertz CT molecular complexity index is 2380. The average molecular weight is 799 g/mol. The van der Waals surface area contributed by atoms with E-state index in [0.717, 1.165) is 44.3 Å². The number of likely N-dealkylation sites (N-methyl/N-ethyl adjacent to an activating group) is 1. The first-order chi connectivity index (χ1) is 27.5. The molecule has 2 fully saturated rings. The topological polar surface area (TPSA) is 164 Å². The third-order valence-electron chi connectivity index (χ3n) is 13.1. The fourth-order valence-corrected chi connectivity index (χ4v) is 12.5. The molecule has 8 aliphatic rings. The van der Waals surface area contributed by atoms with E-state index in [2.05, 4.69) is 33.2 Å². The third-order valence-corrected chi connectivity index (χ3v) is 14.5. The number of carbonyl (C=O) groups is 2. The molecule has 4 N–H and O–H groups in total. The van der Waals surface area contributed by atoms with Crippen molar-refractivity contribution in [2.24, 2.45) is 0 Å². The van der Waals surface area contributed by atoms with E-state index in [1.54, 1.807) is 26.0 Å². The lowest BCUT2D eigenvalue weighted by Gasteiger charge is -2.58. The van der Waals surface area contributed by atoms with Crippen LogP contribution in [-0.2, 0) is 32.7 Å². The number of aliphatic hydroxyl groups excluding tert-OH is 1. The minimum atomic E-state index is -1.40. The Hall–Kier alpha value is -4.67. The summed E-state index contributed by atoms with van der Waals surface area (Å²) in [4.78, 5) is 36.4. The molecule has 3 aromatic carbocycles. The summed E-state index contributed by atoms with van der Waals surface area (Å²) in [6.07, 6.45) is 1.12. The van der Waals surface area contributed by atoms with Gasteiger partial charge in [0.2, 0.25) is 6.79 Å². The van der Waals surface area contributed by atoms with Crippen molar-refractivity contribution in [2.75, 3.05) is 53.6 Å². The number of rotatable bonds is 4. The van der Waals surface area contributed by atoms with Crippen LogP contribution in [0.25, 0.3) is 10.9 Å². The molecule has 9 heterocycles. The van der Waals surface area contributed by atoms with Gasteiger partial charge in [0.25, 0.3) is 0 Å². The molecule has 1 aromatic heterocycles. The predicted octanol–water partition coefficient (Wildman–Crippen LogP) is 4.23. The predicted molar refractivity (Wildman–Crippen MR) is 210 cm³/mol. The van der Waals surface area contributed by atoms with Crippen molar-refractivity contribution in [3.05, 3.63) is 68.9 Å². The molecule has 0 aliphatic carbocycles. The number of aliphatic hydroxyl groups is 1. The summed E-state index contributed by atoms with van der Waals surface area (Å²) in [6.45, 7) is 5.64. The van der Waals surface area contributed by atoms with E-state index >= 15 is 4.79 Å². The highest BCUT2D eigenvalue weighted by atomic mass is 32.2. The number of hydrogen-bond donors (Lipinski definition) is 4. The van der Waals surface area contributed by atoms with Crippen LogP contribution in [0.2, 0.25) is 0 Å². The monoisotopic (exact) mass is 798 g/mol. The molecule has 300 valence electrons. The highest BCUT2D eigenvalue weighted by Crippen LogP contribution is 2.64. The Morgan fingerprint density at radius 3 is 2.61 bits per heavy atom. The molecule has 0 amide bonds. The summed E-state index contributed by atoms with van der Waals surface area (Å²) < 4.78 is 36.6. The minimum absolute atomic E-state index is 0.00339. The molecule has 8 aliphatic heterocycles. The Morgan fingerprint density at radius 2 is 1.86 bits per heavy atom. The first kappa shape index (κ1) is 36.7. The molecule has 57 heavy (non-hydrogen) atoms. The largest absolute Gasteiger partial charge is 0.504 e. The molecular formula is C42H46N4O10S. The number of aromatic amines is 1. The number of nitrogens with zero attached hydrogens (tertiary/aromatic N) is 2. The van der Waals surface area contributed by atoms with Crippen LogP contribution < -0.4 is 29.0 Å². The molecule has 14 nitrogen and oxygen atoms in total. The number of fused-ring (bicyclic) bond motifs is 8. The van der Waals surface area contributed by atoms with Crippen LogP contribution in [0.3, 0.4) is 0 Å². The van der Waals surface area contributed by atoms with Crippen LogP contribution in [0.1, 0.15) is 68.9 Å². The standard InChI is InChI=1S/C42H46N4O10S/c1-18-9-21-10-23-13-45(4)32(29(21)34(49)35(18)52-6)33-39-31-30(38-37(54-17-55-38)19(2)36(31)56-20(3)48)28(46(23)33)15-53-41(50)42(16-57-39)40-26(11-22(14-47)44-42)25-12-24(51-5)7-8-27(25)43-40/h7-9,12,22-23,28,32-33,39,43-44,47,49H,10-11,13-17H2,1-6H3/t22-,23?,28+,32?,33-,39-,42-/m1/s1. The smallest absolute Gasteiger partial charge is 0.333 e. The average Bonchev–Trinajstić information content (AvgIpc) is 3.77. The van der Waals surface area contributed by atoms with Crippen LogP contribution in [0.4, 0.5) is 0 Å². The molecule has 3 unspecified atom stereocenters. The first-order valence-electron chi connectivity index (χ1n) is 19.4. The second kappa shape index (κ2) is 13.2. The quantitative estimate of drug-likeness (QED) is 0.171. The van der Waals surface area contributed by atoms with E-state index in [0.29, 0.717) is 59.4 Å².